The smallest absolute Gasteiger partial charge is 0.142 e. The molecule has 2 heterocycles. The molecule has 0 bridgehead atoms. The number of fused-ring (bicyclic) bond motifs is 7. The molecule has 1 aliphatic rings. The molecule has 0 spiro atoms. The third-order valence-corrected chi connectivity index (χ3v) is 10.3. The molecule has 6 aromatic carbocycles. The number of nitrogens with zero attached hydrogens (tertiary/aromatic N) is 2. The predicted octanol–water partition coefficient (Wildman–Crippen LogP) is 12.2. The van der Waals surface area contributed by atoms with E-state index in [2.05, 4.69) is 171 Å². The first-order chi connectivity index (χ1) is 23.6. The standard InChI is InChI=1S/C46H36N2/c1-4-14-34-30(3)48-43-22-13-12-21-42(43)47-46(48)41-27-29(2)39(28-40(34)41)45-37-19-10-8-17-35(37)44(36-18-9-11-20-38(36)45)33-25-23-32(24-26-33)31-15-6-5-7-16-31/h4-26,28-29H,27H2,1-3H3/b14-4-/t29-/m0/s1. The number of aromatic nitrogens is 2. The molecule has 1 aliphatic carbocycles. The highest BCUT2D eigenvalue weighted by Gasteiger charge is 2.28. The van der Waals surface area contributed by atoms with E-state index in [0.717, 1.165) is 17.6 Å². The van der Waals surface area contributed by atoms with Gasteiger partial charge in [0.05, 0.1) is 11.0 Å². The average molecular weight is 617 g/mol. The van der Waals surface area contributed by atoms with Gasteiger partial charge in [-0.3, -0.25) is 4.40 Å². The molecule has 0 fully saturated rings. The van der Waals surface area contributed by atoms with Gasteiger partial charge in [-0.1, -0.05) is 134 Å². The molecule has 0 radical (unpaired) electrons. The van der Waals surface area contributed by atoms with Crippen LogP contribution in [0.4, 0.5) is 0 Å². The van der Waals surface area contributed by atoms with Gasteiger partial charge in [0.15, 0.2) is 0 Å². The number of imidazole rings is 1. The topological polar surface area (TPSA) is 17.3 Å². The maximum atomic E-state index is 5.20. The van der Waals surface area contributed by atoms with Gasteiger partial charge in [0, 0.05) is 16.8 Å². The summed E-state index contributed by atoms with van der Waals surface area (Å²) in [6.45, 7) is 6.75. The molecule has 9 rings (SSSR count). The van der Waals surface area contributed by atoms with E-state index in [1.807, 2.05) is 0 Å². The molecule has 0 N–H and O–H groups in total. The molecule has 2 aromatic heterocycles. The molecule has 8 aromatic rings. The lowest BCUT2D eigenvalue weighted by Gasteiger charge is -2.28. The van der Waals surface area contributed by atoms with Gasteiger partial charge in [0.2, 0.25) is 0 Å². The summed E-state index contributed by atoms with van der Waals surface area (Å²) < 4.78 is 2.37. The van der Waals surface area contributed by atoms with E-state index in [-0.39, 0.29) is 0 Å². The molecule has 0 amide bonds. The molecule has 0 saturated heterocycles. The fraction of sp³-hybridized carbons (Fsp3) is 0.109. The molecule has 0 aliphatic heterocycles. The minimum absolute atomic E-state index is 0.310. The second-order valence-corrected chi connectivity index (χ2v) is 13.1. The minimum atomic E-state index is 0.310. The lowest BCUT2D eigenvalue weighted by atomic mass is 9.76. The second kappa shape index (κ2) is 11.2. The lowest BCUT2D eigenvalue weighted by Crippen LogP contribution is -2.14. The first-order valence-corrected chi connectivity index (χ1v) is 17.0. The number of allylic oxidation sites excluding steroid dienone is 2. The fourth-order valence-corrected chi connectivity index (χ4v) is 8.15. The SMILES string of the molecule is C/C=C\c1c2c(c3nc4ccccc4n3c1C)C[C@H](C)C(c1c3ccccc3c(-c3ccc(-c4ccccc4)cc3)c3ccccc13)=C2. The van der Waals surface area contributed by atoms with Crippen molar-refractivity contribution in [1.29, 1.82) is 0 Å². The van der Waals surface area contributed by atoms with E-state index in [1.165, 1.54) is 82.8 Å². The molecule has 2 nitrogen and oxygen atoms in total. The van der Waals surface area contributed by atoms with Gasteiger partial charge < -0.3 is 0 Å². The van der Waals surface area contributed by atoms with Crippen molar-refractivity contribution < 1.29 is 0 Å². The Bertz CT molecular complexity index is 2540. The van der Waals surface area contributed by atoms with Crippen molar-refractivity contribution in [2.75, 3.05) is 0 Å². The Balaban J connectivity index is 1.31. The second-order valence-electron chi connectivity index (χ2n) is 13.1. The first kappa shape index (κ1) is 28.5. The van der Waals surface area contributed by atoms with Crippen molar-refractivity contribution in [1.82, 2.24) is 9.38 Å². The summed E-state index contributed by atoms with van der Waals surface area (Å²) >= 11 is 0. The highest BCUT2D eigenvalue weighted by atomic mass is 15.0. The number of hydrogen-bond donors (Lipinski definition) is 0. The number of aryl methyl sites for hydroxylation is 1. The maximum Gasteiger partial charge on any atom is 0.142 e. The van der Waals surface area contributed by atoms with Gasteiger partial charge in [-0.25, -0.2) is 4.98 Å². The zero-order chi connectivity index (χ0) is 32.4. The monoisotopic (exact) mass is 616 g/mol. The van der Waals surface area contributed by atoms with E-state index in [1.54, 1.807) is 0 Å². The van der Waals surface area contributed by atoms with Crippen molar-refractivity contribution in [3.8, 4) is 22.3 Å². The zero-order valence-corrected chi connectivity index (χ0v) is 27.5. The van der Waals surface area contributed by atoms with Crippen molar-refractivity contribution >= 4 is 56.0 Å². The molecule has 0 saturated carbocycles. The molecule has 48 heavy (non-hydrogen) atoms. The summed E-state index contributed by atoms with van der Waals surface area (Å²) in [5, 5.41) is 5.18. The van der Waals surface area contributed by atoms with Crippen LogP contribution in [-0.2, 0) is 6.42 Å². The van der Waals surface area contributed by atoms with Crippen molar-refractivity contribution in [2.24, 2.45) is 5.92 Å². The number of para-hydroxylation sites is 2. The largest absolute Gasteiger partial charge is 0.296 e. The van der Waals surface area contributed by atoms with Crippen LogP contribution in [0.1, 0.15) is 41.8 Å². The number of rotatable bonds is 4. The Morgan fingerprint density at radius 3 is 1.88 bits per heavy atom. The van der Waals surface area contributed by atoms with Crippen LogP contribution in [0.15, 0.2) is 133 Å². The summed E-state index contributed by atoms with van der Waals surface area (Å²) in [7, 11) is 0. The third-order valence-electron chi connectivity index (χ3n) is 10.3. The van der Waals surface area contributed by atoms with E-state index in [0.29, 0.717) is 5.92 Å². The van der Waals surface area contributed by atoms with Gasteiger partial charge in [-0.15, -0.1) is 0 Å². The lowest BCUT2D eigenvalue weighted by molar-refractivity contribution is 0.737. The van der Waals surface area contributed by atoms with E-state index in [9.17, 15) is 0 Å². The quantitative estimate of drug-likeness (QED) is 0.180. The third kappa shape index (κ3) is 4.29. The Morgan fingerprint density at radius 1 is 0.646 bits per heavy atom. The summed E-state index contributed by atoms with van der Waals surface area (Å²) in [5.41, 5.74) is 16.2. The molecule has 2 heteroatoms. The number of pyridine rings is 1. The molecule has 0 unspecified atom stereocenters. The highest BCUT2D eigenvalue weighted by Crippen LogP contribution is 2.47. The summed E-state index contributed by atoms with van der Waals surface area (Å²) in [6.07, 6.45) is 7.88. The Labute approximate surface area is 281 Å². The van der Waals surface area contributed by atoms with Gasteiger partial charge in [-0.05, 0) is 105 Å². The average Bonchev–Trinajstić information content (AvgIpc) is 3.53. The van der Waals surface area contributed by atoms with Crippen LogP contribution in [0, 0.1) is 12.8 Å². The van der Waals surface area contributed by atoms with Crippen molar-refractivity contribution in [2.45, 2.75) is 27.2 Å². The van der Waals surface area contributed by atoms with Crippen LogP contribution in [0.2, 0.25) is 0 Å². The summed E-state index contributed by atoms with van der Waals surface area (Å²) in [5.74, 6) is 0.310. The maximum absolute atomic E-state index is 5.20. The van der Waals surface area contributed by atoms with Gasteiger partial charge in [0.25, 0.3) is 0 Å². The van der Waals surface area contributed by atoms with E-state index < -0.39 is 0 Å². The van der Waals surface area contributed by atoms with Gasteiger partial charge in [0.1, 0.15) is 5.65 Å². The van der Waals surface area contributed by atoms with Gasteiger partial charge in [-0.2, -0.15) is 0 Å². The molecular weight excluding hydrogens is 581 g/mol. The molecular formula is C46H36N2. The summed E-state index contributed by atoms with van der Waals surface area (Å²) in [6, 6.07) is 46.3. The van der Waals surface area contributed by atoms with Crippen molar-refractivity contribution in [3.05, 3.63) is 161 Å². The fourth-order valence-electron chi connectivity index (χ4n) is 8.15. The van der Waals surface area contributed by atoms with Crippen LogP contribution in [0.3, 0.4) is 0 Å². The van der Waals surface area contributed by atoms with Crippen LogP contribution in [-0.4, -0.2) is 9.38 Å². The molecule has 230 valence electrons. The number of hydrogen-bond acceptors (Lipinski definition) is 1. The Hall–Kier alpha value is -5.73. The van der Waals surface area contributed by atoms with Crippen LogP contribution >= 0.6 is 0 Å². The summed E-state index contributed by atoms with van der Waals surface area (Å²) in [4.78, 5) is 5.20. The zero-order valence-electron chi connectivity index (χ0n) is 27.5. The predicted molar refractivity (Wildman–Crippen MR) is 205 cm³/mol. The highest BCUT2D eigenvalue weighted by molar-refractivity contribution is 6.20. The minimum Gasteiger partial charge on any atom is -0.296 e. The first-order valence-electron chi connectivity index (χ1n) is 17.0. The van der Waals surface area contributed by atoms with Crippen molar-refractivity contribution in [3.63, 3.8) is 0 Å². The van der Waals surface area contributed by atoms with Crippen LogP contribution in [0.5, 0.6) is 0 Å². The Morgan fingerprint density at radius 2 is 1.21 bits per heavy atom. The van der Waals surface area contributed by atoms with Crippen LogP contribution in [0.25, 0.3) is 78.2 Å². The van der Waals surface area contributed by atoms with Crippen LogP contribution < -0.4 is 0 Å². The molecule has 1 atom stereocenters. The van der Waals surface area contributed by atoms with Gasteiger partial charge >= 0.3 is 0 Å². The normalized spacial score (nSPS) is 14.7. The number of benzene rings is 6. The van der Waals surface area contributed by atoms with E-state index >= 15 is 0 Å². The van der Waals surface area contributed by atoms with E-state index in [4.69, 9.17) is 4.98 Å². The Kier molecular flexibility index (Phi) is 6.65.